The Hall–Kier alpha value is -3.01. The van der Waals surface area contributed by atoms with Crippen molar-refractivity contribution in [3.05, 3.63) is 70.5 Å². The molecule has 2 aliphatic rings. The van der Waals surface area contributed by atoms with E-state index in [1.807, 2.05) is 39.0 Å². The lowest BCUT2D eigenvalue weighted by atomic mass is 9.98. The first-order valence-corrected chi connectivity index (χ1v) is 13.3. The van der Waals surface area contributed by atoms with E-state index in [0.717, 1.165) is 24.2 Å². The van der Waals surface area contributed by atoms with Gasteiger partial charge in [-0.1, -0.05) is 41.9 Å². The molecule has 2 heterocycles. The molecule has 2 aliphatic heterocycles. The van der Waals surface area contributed by atoms with Gasteiger partial charge in [-0.3, -0.25) is 9.69 Å². The topological polar surface area (TPSA) is 77.5 Å². The molecule has 0 aliphatic carbocycles. The highest BCUT2D eigenvalue weighted by molar-refractivity contribution is 6.31. The maximum atomic E-state index is 13.8. The van der Waals surface area contributed by atoms with Gasteiger partial charge in [-0.05, 0) is 50.1 Å². The van der Waals surface area contributed by atoms with E-state index in [2.05, 4.69) is 15.3 Å². The Kier molecular flexibility index (Phi) is 9.02. The van der Waals surface area contributed by atoms with E-state index in [1.54, 1.807) is 18.2 Å². The Morgan fingerprint density at radius 3 is 2.47 bits per heavy atom. The number of nitrogens with one attached hydrogen (secondary N) is 1. The lowest BCUT2D eigenvalue weighted by molar-refractivity contribution is -0.133. The van der Waals surface area contributed by atoms with Crippen LogP contribution in [0.15, 0.2) is 53.6 Å². The highest BCUT2D eigenvalue weighted by Crippen LogP contribution is 2.36. The normalized spacial score (nSPS) is 18.3. The van der Waals surface area contributed by atoms with Gasteiger partial charge in [0.25, 0.3) is 5.91 Å². The third-order valence-corrected chi connectivity index (χ3v) is 6.84. The molecule has 1 fully saturated rings. The fourth-order valence-electron chi connectivity index (χ4n) is 4.52. The Bertz CT molecular complexity index is 1160. The van der Waals surface area contributed by atoms with Crippen LogP contribution in [-0.2, 0) is 9.53 Å². The smallest absolute Gasteiger partial charge is 0.318 e. The second-order valence-electron chi connectivity index (χ2n) is 10.6. The van der Waals surface area contributed by atoms with Crippen LogP contribution in [0.25, 0.3) is 0 Å². The zero-order valence-electron chi connectivity index (χ0n) is 22.1. The largest absolute Gasteiger partial charge is 0.379 e. The van der Waals surface area contributed by atoms with Crippen molar-refractivity contribution in [2.24, 2.45) is 5.10 Å². The molecule has 1 unspecified atom stereocenters. The van der Waals surface area contributed by atoms with Crippen LogP contribution in [0.4, 0.5) is 9.18 Å². The summed E-state index contributed by atoms with van der Waals surface area (Å²) < 4.78 is 19.0. The first-order chi connectivity index (χ1) is 18.1. The van der Waals surface area contributed by atoms with Gasteiger partial charge in [0, 0.05) is 43.2 Å². The summed E-state index contributed by atoms with van der Waals surface area (Å²) in [5.41, 5.74) is 1.69. The summed E-state index contributed by atoms with van der Waals surface area (Å²) >= 11 is 6.52. The minimum Gasteiger partial charge on any atom is -0.379 e. The molecule has 3 amide bonds. The van der Waals surface area contributed by atoms with E-state index >= 15 is 0 Å². The SMILES string of the molecule is CC(C)(C)NC(=O)N(CCN1CCOCC1)CC(=O)N1N=C(c2ccc(F)cc2)CC1c1ccccc1Cl. The van der Waals surface area contributed by atoms with Crippen LogP contribution in [0.1, 0.15) is 44.4 Å². The fraction of sp³-hybridized carbons (Fsp3) is 0.464. The number of hydrogen-bond acceptors (Lipinski definition) is 5. The molecule has 0 aromatic heterocycles. The predicted octanol–water partition coefficient (Wildman–Crippen LogP) is 4.30. The molecule has 204 valence electrons. The lowest BCUT2D eigenvalue weighted by Crippen LogP contribution is -2.53. The molecule has 0 radical (unpaired) electrons. The maximum Gasteiger partial charge on any atom is 0.318 e. The number of urea groups is 1. The highest BCUT2D eigenvalue weighted by Gasteiger charge is 2.35. The van der Waals surface area contributed by atoms with Crippen LogP contribution >= 0.6 is 11.6 Å². The molecule has 1 N–H and O–H groups in total. The molecular formula is C28H35ClFN5O3. The number of carbonyl (C=O) groups excluding carboxylic acids is 2. The number of amides is 3. The molecule has 10 heteroatoms. The number of morpholine rings is 1. The number of hydrogen-bond donors (Lipinski definition) is 1. The minimum atomic E-state index is -0.459. The van der Waals surface area contributed by atoms with Crippen molar-refractivity contribution in [1.82, 2.24) is 20.1 Å². The van der Waals surface area contributed by atoms with Gasteiger partial charge in [-0.2, -0.15) is 5.10 Å². The van der Waals surface area contributed by atoms with Crippen LogP contribution in [0.5, 0.6) is 0 Å². The second kappa shape index (κ2) is 12.2. The van der Waals surface area contributed by atoms with Crippen molar-refractivity contribution in [3.63, 3.8) is 0 Å². The molecule has 0 bridgehead atoms. The van der Waals surface area contributed by atoms with Gasteiger partial charge in [0.2, 0.25) is 0 Å². The Morgan fingerprint density at radius 1 is 1.13 bits per heavy atom. The van der Waals surface area contributed by atoms with Crippen molar-refractivity contribution in [3.8, 4) is 0 Å². The molecule has 1 atom stereocenters. The van der Waals surface area contributed by atoms with E-state index < -0.39 is 11.6 Å². The van der Waals surface area contributed by atoms with E-state index in [9.17, 15) is 14.0 Å². The number of rotatable bonds is 7. The van der Waals surface area contributed by atoms with Gasteiger partial charge in [-0.15, -0.1) is 0 Å². The third kappa shape index (κ3) is 7.30. The van der Waals surface area contributed by atoms with E-state index in [0.29, 0.717) is 43.5 Å². The van der Waals surface area contributed by atoms with Gasteiger partial charge in [-0.25, -0.2) is 14.2 Å². The maximum absolute atomic E-state index is 13.8. The second-order valence-corrected chi connectivity index (χ2v) is 11.0. The van der Waals surface area contributed by atoms with Crippen LogP contribution < -0.4 is 5.32 Å². The summed E-state index contributed by atoms with van der Waals surface area (Å²) in [4.78, 5) is 30.7. The number of nitrogens with zero attached hydrogens (tertiary/aromatic N) is 4. The van der Waals surface area contributed by atoms with Crippen molar-refractivity contribution < 1.29 is 18.7 Å². The summed E-state index contributed by atoms with van der Waals surface area (Å²) in [6.45, 7) is 9.46. The first kappa shape index (κ1) is 28.0. The van der Waals surface area contributed by atoms with E-state index in [4.69, 9.17) is 16.3 Å². The van der Waals surface area contributed by atoms with Crippen molar-refractivity contribution in [2.75, 3.05) is 45.9 Å². The van der Waals surface area contributed by atoms with Gasteiger partial charge in [0.05, 0.1) is 25.0 Å². The average Bonchev–Trinajstić information content (AvgIpc) is 3.32. The zero-order chi connectivity index (χ0) is 27.3. The van der Waals surface area contributed by atoms with E-state index in [1.165, 1.54) is 22.0 Å². The number of carbonyl (C=O) groups is 2. The molecule has 0 spiro atoms. The van der Waals surface area contributed by atoms with Gasteiger partial charge >= 0.3 is 6.03 Å². The molecule has 38 heavy (non-hydrogen) atoms. The fourth-order valence-corrected chi connectivity index (χ4v) is 4.78. The monoisotopic (exact) mass is 543 g/mol. The Morgan fingerprint density at radius 2 is 1.82 bits per heavy atom. The predicted molar refractivity (Wildman–Crippen MR) is 146 cm³/mol. The molecule has 2 aromatic carbocycles. The van der Waals surface area contributed by atoms with Crippen molar-refractivity contribution in [1.29, 1.82) is 0 Å². The number of benzene rings is 2. The molecule has 0 saturated carbocycles. The highest BCUT2D eigenvalue weighted by atomic mass is 35.5. The third-order valence-electron chi connectivity index (χ3n) is 6.49. The lowest BCUT2D eigenvalue weighted by Gasteiger charge is -2.33. The van der Waals surface area contributed by atoms with Crippen LogP contribution in [0.3, 0.4) is 0 Å². The summed E-state index contributed by atoms with van der Waals surface area (Å²) in [6, 6.07) is 12.6. The minimum absolute atomic E-state index is 0.145. The Balaban J connectivity index is 1.58. The summed E-state index contributed by atoms with van der Waals surface area (Å²) in [6.07, 6.45) is 0.420. The Labute approximate surface area is 228 Å². The molecular weight excluding hydrogens is 509 g/mol. The number of hydrazone groups is 1. The first-order valence-electron chi connectivity index (χ1n) is 12.9. The number of halogens is 2. The van der Waals surface area contributed by atoms with Gasteiger partial charge < -0.3 is 15.0 Å². The summed E-state index contributed by atoms with van der Waals surface area (Å²) in [5, 5.41) is 9.58. The van der Waals surface area contributed by atoms with Crippen molar-refractivity contribution >= 4 is 29.3 Å². The average molecular weight is 544 g/mol. The standard InChI is InChI=1S/C28H35ClFN5O3/c1-28(2,3)31-27(37)34(13-12-33-14-16-38-17-15-33)19-26(36)35-25(22-6-4-5-7-23(22)29)18-24(32-35)20-8-10-21(30)11-9-20/h4-11,25H,12-19H2,1-3H3,(H,31,37). The van der Waals surface area contributed by atoms with Crippen LogP contribution in [-0.4, -0.2) is 83.9 Å². The molecule has 4 rings (SSSR count). The summed E-state index contributed by atoms with van der Waals surface area (Å²) in [7, 11) is 0. The molecule has 1 saturated heterocycles. The summed E-state index contributed by atoms with van der Waals surface area (Å²) in [5.74, 6) is -0.665. The number of ether oxygens (including phenoxy) is 1. The molecule has 8 nitrogen and oxygen atoms in total. The van der Waals surface area contributed by atoms with E-state index in [-0.39, 0.29) is 24.3 Å². The zero-order valence-corrected chi connectivity index (χ0v) is 22.9. The van der Waals surface area contributed by atoms with Gasteiger partial charge in [0.1, 0.15) is 12.4 Å². The van der Waals surface area contributed by atoms with Crippen LogP contribution in [0, 0.1) is 5.82 Å². The van der Waals surface area contributed by atoms with Gasteiger partial charge in [0.15, 0.2) is 0 Å². The molecule has 2 aromatic rings. The van der Waals surface area contributed by atoms with Crippen LogP contribution in [0.2, 0.25) is 5.02 Å². The quantitative estimate of drug-likeness (QED) is 0.565. The van der Waals surface area contributed by atoms with Crippen molar-refractivity contribution in [2.45, 2.75) is 38.8 Å².